The minimum absolute atomic E-state index is 0.168. The smallest absolute Gasteiger partial charge is 0.187 e. The van der Waals surface area contributed by atoms with Gasteiger partial charge in [0.1, 0.15) is 42.7 Å². The molecule has 2 heterocycles. The molecule has 0 aromatic carbocycles. The molecule has 27 heavy (non-hydrogen) atoms. The Balaban J connectivity index is 2.03. The van der Waals surface area contributed by atoms with Crippen molar-refractivity contribution in [2.24, 2.45) is 0 Å². The second-order valence-corrected chi connectivity index (χ2v) is 6.65. The summed E-state index contributed by atoms with van der Waals surface area (Å²) in [6, 6.07) is 0. The number of unbranched alkanes of at least 4 members (excludes halogenated alkanes) is 1. The highest BCUT2D eigenvalue weighted by Crippen LogP contribution is 2.27. The van der Waals surface area contributed by atoms with E-state index in [-0.39, 0.29) is 13.2 Å². The number of ether oxygens (including phenoxy) is 4. The topological polar surface area (TPSA) is 158 Å². The second kappa shape index (κ2) is 10.8. The maximum atomic E-state index is 10.3. The number of aliphatic hydroxyl groups excluding tert-OH is 6. The standard InChI is InChI=1S/C17H30O10/c1-2-3-4-5-6-24-17-15(11(20)9(19)8-25-17)27-16-14(23)13(22)12(21)10(7-18)26-16/h4-5,9-23H,2-3,6-8H2,1H3/b5-4+/t9-,10+,11-,12+,13-,14+,15+,16-,17+/m0/s1. The van der Waals surface area contributed by atoms with Gasteiger partial charge in [-0.1, -0.05) is 25.5 Å². The van der Waals surface area contributed by atoms with Gasteiger partial charge in [0.2, 0.25) is 0 Å². The van der Waals surface area contributed by atoms with Crippen LogP contribution in [0.5, 0.6) is 0 Å². The summed E-state index contributed by atoms with van der Waals surface area (Å²) in [7, 11) is 0. The molecule has 2 aliphatic rings. The molecule has 10 heteroatoms. The van der Waals surface area contributed by atoms with E-state index in [0.29, 0.717) is 0 Å². The summed E-state index contributed by atoms with van der Waals surface area (Å²) >= 11 is 0. The number of hydrogen-bond donors (Lipinski definition) is 6. The van der Waals surface area contributed by atoms with Crippen LogP contribution in [0.25, 0.3) is 0 Å². The molecule has 0 aromatic heterocycles. The van der Waals surface area contributed by atoms with Crippen molar-refractivity contribution in [2.45, 2.75) is 75.1 Å². The summed E-state index contributed by atoms with van der Waals surface area (Å²) in [5, 5.41) is 59.1. The third-order valence-electron chi connectivity index (χ3n) is 4.55. The fraction of sp³-hybridized carbons (Fsp3) is 0.882. The van der Waals surface area contributed by atoms with Crippen LogP contribution in [0, 0.1) is 0 Å². The fourth-order valence-corrected chi connectivity index (χ4v) is 2.89. The lowest BCUT2D eigenvalue weighted by Crippen LogP contribution is -2.63. The molecule has 2 saturated heterocycles. The van der Waals surface area contributed by atoms with E-state index in [1.54, 1.807) is 6.08 Å². The van der Waals surface area contributed by atoms with Gasteiger partial charge in [-0.05, 0) is 6.42 Å². The Kier molecular flexibility index (Phi) is 9.02. The molecular formula is C17H30O10. The predicted molar refractivity (Wildman–Crippen MR) is 90.4 cm³/mol. The van der Waals surface area contributed by atoms with Crippen molar-refractivity contribution in [2.75, 3.05) is 19.8 Å². The van der Waals surface area contributed by atoms with Crippen LogP contribution >= 0.6 is 0 Å². The highest BCUT2D eigenvalue weighted by Gasteiger charge is 2.48. The first kappa shape index (κ1) is 22.6. The van der Waals surface area contributed by atoms with Crippen LogP contribution in [0.2, 0.25) is 0 Å². The number of allylic oxidation sites excluding steroid dienone is 1. The third kappa shape index (κ3) is 5.67. The minimum Gasteiger partial charge on any atom is -0.394 e. The van der Waals surface area contributed by atoms with Crippen molar-refractivity contribution < 1.29 is 49.6 Å². The first-order chi connectivity index (χ1) is 12.9. The summed E-state index contributed by atoms with van der Waals surface area (Å²) in [5.74, 6) is 0. The van der Waals surface area contributed by atoms with Crippen LogP contribution in [0.3, 0.4) is 0 Å². The third-order valence-corrected chi connectivity index (χ3v) is 4.55. The fourth-order valence-electron chi connectivity index (χ4n) is 2.89. The number of aliphatic hydroxyl groups is 6. The highest BCUT2D eigenvalue weighted by atomic mass is 16.7. The van der Waals surface area contributed by atoms with Crippen molar-refractivity contribution in [3.8, 4) is 0 Å². The van der Waals surface area contributed by atoms with Crippen molar-refractivity contribution in [3.05, 3.63) is 12.2 Å². The van der Waals surface area contributed by atoms with Gasteiger partial charge < -0.3 is 49.6 Å². The molecule has 10 nitrogen and oxygen atoms in total. The lowest BCUT2D eigenvalue weighted by Gasteiger charge is -2.44. The Morgan fingerprint density at radius 3 is 2.37 bits per heavy atom. The van der Waals surface area contributed by atoms with Gasteiger partial charge in [0, 0.05) is 0 Å². The molecule has 0 amide bonds. The summed E-state index contributed by atoms with van der Waals surface area (Å²) in [6.07, 6.45) is -6.74. The molecular weight excluding hydrogens is 364 g/mol. The lowest BCUT2D eigenvalue weighted by molar-refractivity contribution is -0.356. The Morgan fingerprint density at radius 2 is 1.70 bits per heavy atom. The molecule has 2 fully saturated rings. The molecule has 0 spiro atoms. The van der Waals surface area contributed by atoms with Gasteiger partial charge in [-0.25, -0.2) is 0 Å². The van der Waals surface area contributed by atoms with E-state index in [1.807, 2.05) is 13.0 Å². The molecule has 2 rings (SSSR count). The normalized spacial score (nSPS) is 43.3. The molecule has 0 aromatic rings. The summed E-state index contributed by atoms with van der Waals surface area (Å²) in [6.45, 7) is 1.44. The Labute approximate surface area is 157 Å². The maximum absolute atomic E-state index is 10.3. The lowest BCUT2D eigenvalue weighted by atomic mass is 9.99. The quantitative estimate of drug-likeness (QED) is 0.246. The van der Waals surface area contributed by atoms with Crippen LogP contribution in [-0.2, 0) is 18.9 Å². The molecule has 0 unspecified atom stereocenters. The average Bonchev–Trinajstić information content (AvgIpc) is 2.66. The second-order valence-electron chi connectivity index (χ2n) is 6.65. The van der Waals surface area contributed by atoms with E-state index >= 15 is 0 Å². The molecule has 6 N–H and O–H groups in total. The summed E-state index contributed by atoms with van der Waals surface area (Å²) in [5.41, 5.74) is 0. The zero-order chi connectivity index (χ0) is 20.0. The number of rotatable bonds is 8. The van der Waals surface area contributed by atoms with Gasteiger partial charge in [-0.15, -0.1) is 0 Å². The van der Waals surface area contributed by atoms with Crippen LogP contribution in [0.4, 0.5) is 0 Å². The Morgan fingerprint density at radius 1 is 0.963 bits per heavy atom. The molecule has 0 radical (unpaired) electrons. The van der Waals surface area contributed by atoms with Gasteiger partial charge in [-0.2, -0.15) is 0 Å². The van der Waals surface area contributed by atoms with Gasteiger partial charge in [-0.3, -0.25) is 0 Å². The van der Waals surface area contributed by atoms with Crippen molar-refractivity contribution in [3.63, 3.8) is 0 Å². The maximum Gasteiger partial charge on any atom is 0.187 e. The zero-order valence-electron chi connectivity index (χ0n) is 15.2. The SMILES string of the molecule is CCC/C=C/CO[C@@H]1OC[C@H](O)[C@H](O)[C@H]1O[C@@H]1O[C@H](CO)[C@@H](O)[C@H](O)[C@H]1O. The van der Waals surface area contributed by atoms with E-state index in [1.165, 1.54) is 0 Å². The van der Waals surface area contributed by atoms with E-state index in [2.05, 4.69) is 0 Å². The molecule has 0 saturated carbocycles. The van der Waals surface area contributed by atoms with Crippen LogP contribution in [0.1, 0.15) is 19.8 Å². The van der Waals surface area contributed by atoms with Crippen molar-refractivity contribution >= 4 is 0 Å². The largest absolute Gasteiger partial charge is 0.394 e. The highest BCUT2D eigenvalue weighted by molar-refractivity contribution is 4.92. The Bertz CT molecular complexity index is 459. The van der Waals surface area contributed by atoms with Crippen molar-refractivity contribution in [1.29, 1.82) is 0 Å². The Hall–Kier alpha value is -0.660. The van der Waals surface area contributed by atoms with Gasteiger partial charge in [0.15, 0.2) is 12.6 Å². The summed E-state index contributed by atoms with van der Waals surface area (Å²) < 4.78 is 21.7. The minimum atomic E-state index is -1.64. The van der Waals surface area contributed by atoms with Gasteiger partial charge in [0.05, 0.1) is 19.8 Å². The molecule has 0 aliphatic carbocycles. The first-order valence-corrected chi connectivity index (χ1v) is 9.11. The first-order valence-electron chi connectivity index (χ1n) is 9.11. The molecule has 9 atom stereocenters. The zero-order valence-corrected chi connectivity index (χ0v) is 15.2. The average molecular weight is 394 g/mol. The van der Waals surface area contributed by atoms with Crippen LogP contribution in [0.15, 0.2) is 12.2 Å². The molecule has 2 aliphatic heterocycles. The van der Waals surface area contributed by atoms with Crippen LogP contribution in [-0.4, -0.2) is 106 Å². The van der Waals surface area contributed by atoms with E-state index < -0.39 is 61.9 Å². The molecule has 158 valence electrons. The van der Waals surface area contributed by atoms with Crippen LogP contribution < -0.4 is 0 Å². The molecule has 0 bridgehead atoms. The van der Waals surface area contributed by atoms with Gasteiger partial charge in [0.25, 0.3) is 0 Å². The van der Waals surface area contributed by atoms with E-state index in [0.717, 1.165) is 12.8 Å². The van der Waals surface area contributed by atoms with E-state index in [4.69, 9.17) is 18.9 Å². The monoisotopic (exact) mass is 394 g/mol. The predicted octanol–water partition coefficient (Wildman–Crippen LogP) is -2.38. The summed E-state index contributed by atoms with van der Waals surface area (Å²) in [4.78, 5) is 0. The van der Waals surface area contributed by atoms with Gasteiger partial charge >= 0.3 is 0 Å². The van der Waals surface area contributed by atoms with E-state index in [9.17, 15) is 30.6 Å². The van der Waals surface area contributed by atoms with Crippen molar-refractivity contribution in [1.82, 2.24) is 0 Å². The number of hydrogen-bond acceptors (Lipinski definition) is 10.